The van der Waals surface area contributed by atoms with Crippen LogP contribution in [0, 0.1) is 0 Å². The molecule has 0 bridgehead atoms. The van der Waals surface area contributed by atoms with Gasteiger partial charge >= 0.3 is 5.97 Å². The van der Waals surface area contributed by atoms with Gasteiger partial charge in [0.15, 0.2) is 5.76 Å². The maximum atomic E-state index is 12.3. The standard InChI is InChI=1S/C20H22N2O5/c1-2-16-15(20(25)26)10-17(27-16)19(24)21-11-13-5-3-6-14(9-13)12-22-8-4-7-18(22)23/h3,5-6,9-10H,2,4,7-8,11-12H2,1H3,(H,21,24)(H,25,26). The molecule has 7 heteroatoms. The van der Waals surface area contributed by atoms with Gasteiger partial charge in [-0.25, -0.2) is 4.79 Å². The number of carbonyl (C=O) groups excluding carboxylic acids is 2. The van der Waals surface area contributed by atoms with Crippen molar-refractivity contribution in [3.63, 3.8) is 0 Å². The first-order valence-corrected chi connectivity index (χ1v) is 8.97. The van der Waals surface area contributed by atoms with Crippen LogP contribution in [0.4, 0.5) is 0 Å². The van der Waals surface area contributed by atoms with Crippen molar-refractivity contribution in [1.29, 1.82) is 0 Å². The molecule has 0 saturated carbocycles. The number of nitrogens with zero attached hydrogens (tertiary/aromatic N) is 1. The lowest BCUT2D eigenvalue weighted by molar-refractivity contribution is -0.128. The molecule has 1 aromatic carbocycles. The topological polar surface area (TPSA) is 99.9 Å². The zero-order valence-electron chi connectivity index (χ0n) is 15.2. The number of hydrogen-bond donors (Lipinski definition) is 2. The summed E-state index contributed by atoms with van der Waals surface area (Å²) in [6.07, 6.45) is 1.90. The van der Waals surface area contributed by atoms with Gasteiger partial charge in [0.25, 0.3) is 5.91 Å². The molecule has 0 spiro atoms. The number of aromatic carboxylic acids is 1. The molecule has 2 amide bonds. The minimum atomic E-state index is -1.11. The number of likely N-dealkylation sites (tertiary alicyclic amines) is 1. The van der Waals surface area contributed by atoms with E-state index in [-0.39, 0.29) is 29.5 Å². The molecule has 27 heavy (non-hydrogen) atoms. The number of nitrogens with one attached hydrogen (secondary N) is 1. The van der Waals surface area contributed by atoms with Gasteiger partial charge in [-0.05, 0) is 17.5 Å². The number of carboxylic acids is 1. The maximum Gasteiger partial charge on any atom is 0.339 e. The highest BCUT2D eigenvalue weighted by atomic mass is 16.4. The number of hydrogen-bond acceptors (Lipinski definition) is 4. The fourth-order valence-electron chi connectivity index (χ4n) is 3.18. The highest BCUT2D eigenvalue weighted by Gasteiger charge is 2.21. The highest BCUT2D eigenvalue weighted by molar-refractivity contribution is 5.96. The van der Waals surface area contributed by atoms with E-state index in [0.717, 1.165) is 24.1 Å². The third-order valence-electron chi connectivity index (χ3n) is 4.57. The third kappa shape index (κ3) is 4.36. The number of rotatable bonds is 7. The molecule has 7 nitrogen and oxygen atoms in total. The van der Waals surface area contributed by atoms with Crippen LogP contribution in [0.25, 0.3) is 0 Å². The Morgan fingerprint density at radius 1 is 1.26 bits per heavy atom. The van der Waals surface area contributed by atoms with E-state index in [2.05, 4.69) is 5.32 Å². The summed E-state index contributed by atoms with van der Waals surface area (Å²) >= 11 is 0. The normalized spacial score (nSPS) is 13.8. The second-order valence-electron chi connectivity index (χ2n) is 6.53. The van der Waals surface area contributed by atoms with Crippen molar-refractivity contribution in [2.24, 2.45) is 0 Å². The third-order valence-corrected chi connectivity index (χ3v) is 4.57. The largest absolute Gasteiger partial charge is 0.478 e. The summed E-state index contributed by atoms with van der Waals surface area (Å²) < 4.78 is 5.36. The van der Waals surface area contributed by atoms with Crippen LogP contribution in [0.2, 0.25) is 0 Å². The van der Waals surface area contributed by atoms with Crippen molar-refractivity contribution < 1.29 is 23.9 Å². The number of furan rings is 1. The monoisotopic (exact) mass is 370 g/mol. The van der Waals surface area contributed by atoms with Crippen LogP contribution in [-0.2, 0) is 24.3 Å². The average Bonchev–Trinajstić information content (AvgIpc) is 3.27. The van der Waals surface area contributed by atoms with E-state index >= 15 is 0 Å². The van der Waals surface area contributed by atoms with E-state index < -0.39 is 11.9 Å². The van der Waals surface area contributed by atoms with E-state index in [4.69, 9.17) is 9.52 Å². The van der Waals surface area contributed by atoms with E-state index in [9.17, 15) is 14.4 Å². The van der Waals surface area contributed by atoms with Gasteiger partial charge in [-0.1, -0.05) is 31.2 Å². The first-order valence-electron chi connectivity index (χ1n) is 8.97. The fraction of sp³-hybridized carbons (Fsp3) is 0.350. The molecular weight excluding hydrogens is 348 g/mol. The molecule has 0 atom stereocenters. The maximum absolute atomic E-state index is 12.3. The van der Waals surface area contributed by atoms with Crippen molar-refractivity contribution in [3.8, 4) is 0 Å². The predicted molar refractivity (Wildman–Crippen MR) is 97.3 cm³/mol. The number of benzene rings is 1. The van der Waals surface area contributed by atoms with Crippen LogP contribution in [0.3, 0.4) is 0 Å². The van der Waals surface area contributed by atoms with Gasteiger partial charge in [0, 0.05) is 38.5 Å². The molecule has 1 saturated heterocycles. The molecule has 1 aromatic heterocycles. The molecule has 142 valence electrons. The Kier molecular flexibility index (Phi) is 5.59. The van der Waals surface area contributed by atoms with Crippen molar-refractivity contribution in [2.45, 2.75) is 39.3 Å². The first-order chi connectivity index (χ1) is 13.0. The van der Waals surface area contributed by atoms with Gasteiger partial charge in [0.2, 0.25) is 5.91 Å². The predicted octanol–water partition coefficient (Wildman–Crippen LogP) is 2.59. The minimum absolute atomic E-state index is 0.0110. The fourth-order valence-corrected chi connectivity index (χ4v) is 3.18. The molecule has 0 unspecified atom stereocenters. The Morgan fingerprint density at radius 3 is 2.67 bits per heavy atom. The molecular formula is C20H22N2O5. The number of amides is 2. The minimum Gasteiger partial charge on any atom is -0.478 e. The average molecular weight is 370 g/mol. The summed E-state index contributed by atoms with van der Waals surface area (Å²) in [4.78, 5) is 37.0. The van der Waals surface area contributed by atoms with Gasteiger partial charge in [0.1, 0.15) is 11.3 Å². The highest BCUT2D eigenvalue weighted by Crippen LogP contribution is 2.17. The molecule has 3 rings (SSSR count). The molecule has 2 aromatic rings. The number of aryl methyl sites for hydroxylation is 1. The summed E-state index contributed by atoms with van der Waals surface area (Å²) in [6.45, 7) is 3.40. The van der Waals surface area contributed by atoms with Gasteiger partial charge in [0.05, 0.1) is 0 Å². The quantitative estimate of drug-likeness (QED) is 0.780. The molecule has 1 fully saturated rings. The van der Waals surface area contributed by atoms with E-state index in [0.29, 0.717) is 19.4 Å². The Morgan fingerprint density at radius 2 is 2.04 bits per heavy atom. The van der Waals surface area contributed by atoms with Gasteiger partial charge in [-0.2, -0.15) is 0 Å². The smallest absolute Gasteiger partial charge is 0.339 e. The summed E-state index contributed by atoms with van der Waals surface area (Å²) in [6, 6.07) is 8.94. The lowest BCUT2D eigenvalue weighted by atomic mass is 10.1. The second kappa shape index (κ2) is 8.07. The summed E-state index contributed by atoms with van der Waals surface area (Å²) in [5.41, 5.74) is 1.92. The lowest BCUT2D eigenvalue weighted by Crippen LogP contribution is -2.24. The van der Waals surface area contributed by atoms with Crippen molar-refractivity contribution >= 4 is 17.8 Å². The Hall–Kier alpha value is -3.09. The van der Waals surface area contributed by atoms with Gasteiger partial charge < -0.3 is 19.7 Å². The van der Waals surface area contributed by atoms with Crippen LogP contribution in [-0.4, -0.2) is 34.3 Å². The lowest BCUT2D eigenvalue weighted by Gasteiger charge is -2.16. The molecule has 1 aliphatic rings. The van der Waals surface area contributed by atoms with Gasteiger partial charge in [-0.3, -0.25) is 9.59 Å². The van der Waals surface area contributed by atoms with Crippen molar-refractivity contribution in [1.82, 2.24) is 10.2 Å². The van der Waals surface area contributed by atoms with E-state index in [1.165, 1.54) is 6.07 Å². The number of carboxylic acid groups (broad SMARTS) is 1. The van der Waals surface area contributed by atoms with Crippen LogP contribution >= 0.6 is 0 Å². The summed E-state index contributed by atoms with van der Waals surface area (Å²) in [5.74, 6) is -1.13. The zero-order valence-corrected chi connectivity index (χ0v) is 15.2. The van der Waals surface area contributed by atoms with Crippen LogP contribution in [0.5, 0.6) is 0 Å². The molecule has 1 aliphatic heterocycles. The summed E-state index contributed by atoms with van der Waals surface area (Å²) in [5, 5.41) is 11.9. The molecule has 0 radical (unpaired) electrons. The van der Waals surface area contributed by atoms with Crippen LogP contribution in [0.1, 0.15) is 57.6 Å². The molecule has 0 aliphatic carbocycles. The van der Waals surface area contributed by atoms with E-state index in [1.807, 2.05) is 29.2 Å². The van der Waals surface area contributed by atoms with Crippen LogP contribution in [0.15, 0.2) is 34.7 Å². The second-order valence-corrected chi connectivity index (χ2v) is 6.53. The SMILES string of the molecule is CCc1oc(C(=O)NCc2cccc(CN3CCCC3=O)c2)cc1C(=O)O. The Balaban J connectivity index is 1.63. The van der Waals surface area contributed by atoms with E-state index in [1.54, 1.807) is 6.92 Å². The van der Waals surface area contributed by atoms with Gasteiger partial charge in [-0.15, -0.1) is 0 Å². The molecule has 2 heterocycles. The van der Waals surface area contributed by atoms with Crippen LogP contribution < -0.4 is 5.32 Å². The first kappa shape index (κ1) is 18.7. The Bertz CT molecular complexity index is 871. The number of carbonyl (C=O) groups is 3. The summed E-state index contributed by atoms with van der Waals surface area (Å²) in [7, 11) is 0. The Labute approximate surface area is 157 Å². The van der Waals surface area contributed by atoms with Crippen molar-refractivity contribution in [3.05, 3.63) is 58.5 Å². The molecule has 2 N–H and O–H groups in total. The van der Waals surface area contributed by atoms with Crippen molar-refractivity contribution in [2.75, 3.05) is 6.54 Å². The zero-order chi connectivity index (χ0) is 19.4.